The largest absolute Gasteiger partial charge is 0.493 e. The maximum Gasteiger partial charge on any atom is 0.326 e. The zero-order valence-electron chi connectivity index (χ0n) is 22.1. The van der Waals surface area contributed by atoms with E-state index in [9.17, 15) is 29.5 Å². The number of amides is 1. The topological polar surface area (TPSA) is 114 Å². The molecule has 39 heavy (non-hydrogen) atoms. The van der Waals surface area contributed by atoms with E-state index < -0.39 is 35.5 Å². The highest BCUT2D eigenvalue weighted by atomic mass is 19.1. The van der Waals surface area contributed by atoms with Crippen molar-refractivity contribution in [2.45, 2.75) is 50.9 Å². The molecule has 2 fully saturated rings. The Labute approximate surface area is 226 Å². The molecular formula is C29H33F2N3O5. The van der Waals surface area contributed by atoms with Gasteiger partial charge in [0.1, 0.15) is 23.3 Å². The molecule has 208 valence electrons. The third-order valence-corrected chi connectivity index (χ3v) is 7.25. The van der Waals surface area contributed by atoms with Gasteiger partial charge in [-0.3, -0.25) is 4.79 Å². The monoisotopic (exact) mass is 541 g/mol. The number of nitrogens with zero attached hydrogens (tertiary/aromatic N) is 3. The van der Waals surface area contributed by atoms with Gasteiger partial charge in [0, 0.05) is 25.1 Å². The quantitative estimate of drug-likeness (QED) is 0.522. The van der Waals surface area contributed by atoms with Crippen molar-refractivity contribution in [1.82, 2.24) is 9.80 Å². The fourth-order valence-corrected chi connectivity index (χ4v) is 5.38. The summed E-state index contributed by atoms with van der Waals surface area (Å²) in [4.78, 5) is 28.1. The number of β-amino-alcohol motifs (C(OH)–C–C–N with tert-alkyl or cyclic N) is 1. The average Bonchev–Trinajstić information content (AvgIpc) is 3.29. The van der Waals surface area contributed by atoms with Crippen LogP contribution in [0, 0.1) is 23.1 Å². The summed E-state index contributed by atoms with van der Waals surface area (Å²) < 4.78 is 34.9. The summed E-state index contributed by atoms with van der Waals surface area (Å²) in [5.74, 6) is -2.25. The summed E-state index contributed by atoms with van der Waals surface area (Å²) in [5.41, 5.74) is -0.966. The molecule has 2 saturated heterocycles. The lowest BCUT2D eigenvalue weighted by Gasteiger charge is -2.34. The van der Waals surface area contributed by atoms with Crippen LogP contribution in [0.5, 0.6) is 5.75 Å². The minimum atomic E-state index is -1.28. The predicted molar refractivity (Wildman–Crippen MR) is 139 cm³/mol. The molecule has 0 radical (unpaired) electrons. The van der Waals surface area contributed by atoms with E-state index in [-0.39, 0.29) is 29.7 Å². The molecule has 2 heterocycles. The molecule has 4 rings (SSSR count). The molecule has 0 saturated carbocycles. The normalized spacial score (nSPS) is 20.6. The van der Waals surface area contributed by atoms with Crippen LogP contribution in [-0.4, -0.2) is 82.5 Å². The molecule has 2 unspecified atom stereocenters. The lowest BCUT2D eigenvalue weighted by atomic mass is 9.94. The number of carbonyl (C=O) groups excluding carboxylic acids is 1. The number of carboxylic acid groups (broad SMARTS) is 1. The first-order valence-corrected chi connectivity index (χ1v) is 13.1. The van der Waals surface area contributed by atoms with Gasteiger partial charge in [0.25, 0.3) is 5.91 Å². The Morgan fingerprint density at radius 3 is 2.54 bits per heavy atom. The van der Waals surface area contributed by atoms with Gasteiger partial charge in [-0.15, -0.1) is 0 Å². The number of ether oxygens (including phenoxy) is 1. The van der Waals surface area contributed by atoms with E-state index in [0.29, 0.717) is 30.4 Å². The number of carboxylic acids is 1. The first kappa shape index (κ1) is 28.5. The molecule has 2 aliphatic heterocycles. The third-order valence-electron chi connectivity index (χ3n) is 7.25. The minimum Gasteiger partial charge on any atom is -0.493 e. The van der Waals surface area contributed by atoms with Crippen molar-refractivity contribution >= 4 is 11.9 Å². The number of rotatable bonds is 8. The van der Waals surface area contributed by atoms with Crippen LogP contribution in [0.4, 0.5) is 8.78 Å². The second kappa shape index (κ2) is 11.7. The van der Waals surface area contributed by atoms with Crippen molar-refractivity contribution in [1.29, 1.82) is 5.26 Å². The molecule has 0 aliphatic carbocycles. The number of benzene rings is 2. The number of aliphatic hydroxyl groups is 1. The van der Waals surface area contributed by atoms with Crippen molar-refractivity contribution in [3.05, 3.63) is 53.3 Å². The summed E-state index contributed by atoms with van der Waals surface area (Å²) in [6, 6.07) is 9.59. The molecule has 0 spiro atoms. The minimum absolute atomic E-state index is 0.146. The number of likely N-dealkylation sites (tertiary alicyclic amines) is 2. The van der Waals surface area contributed by atoms with E-state index in [1.807, 2.05) is 0 Å². The van der Waals surface area contributed by atoms with Gasteiger partial charge in [-0.2, -0.15) is 5.26 Å². The molecule has 1 amide bonds. The Morgan fingerprint density at radius 2 is 1.90 bits per heavy atom. The maximum atomic E-state index is 15.0. The van der Waals surface area contributed by atoms with Crippen LogP contribution in [0.25, 0.3) is 11.1 Å². The number of piperidine rings is 1. The Hall–Kier alpha value is -3.55. The average molecular weight is 542 g/mol. The molecule has 2 atom stereocenters. The van der Waals surface area contributed by atoms with Gasteiger partial charge in [0.2, 0.25) is 0 Å². The van der Waals surface area contributed by atoms with E-state index in [1.54, 1.807) is 26.0 Å². The number of nitriles is 1. The molecule has 2 N–H and O–H groups in total. The van der Waals surface area contributed by atoms with Crippen LogP contribution in [0.1, 0.15) is 49.0 Å². The highest BCUT2D eigenvalue weighted by molar-refractivity contribution is 6.03. The number of aliphatic carboxylic acids is 1. The highest BCUT2D eigenvalue weighted by Crippen LogP contribution is 2.34. The standard InChI is InChI=1S/C29H33F2N3O5/c1-29(2,31)17-33-10-8-18(9-11-33)16-39-21-6-7-22(19(12-21)14-32)23-4-3-5-24(30)26(23)27(36)34-15-20(35)13-25(34)28(37)38/h3-7,12,18,20,25,35H,8-11,13,15-17H2,1-2H3,(H,37,38). The maximum absolute atomic E-state index is 15.0. The summed E-state index contributed by atoms with van der Waals surface area (Å²) >= 11 is 0. The number of alkyl halides is 1. The van der Waals surface area contributed by atoms with Gasteiger partial charge >= 0.3 is 5.97 Å². The van der Waals surface area contributed by atoms with Crippen LogP contribution >= 0.6 is 0 Å². The van der Waals surface area contributed by atoms with Gasteiger partial charge in [-0.05, 0) is 75.5 Å². The van der Waals surface area contributed by atoms with Gasteiger partial charge in [-0.25, -0.2) is 13.6 Å². The second-order valence-corrected chi connectivity index (χ2v) is 10.9. The Balaban J connectivity index is 1.51. The van der Waals surface area contributed by atoms with E-state index in [4.69, 9.17) is 4.74 Å². The zero-order chi connectivity index (χ0) is 28.3. The second-order valence-electron chi connectivity index (χ2n) is 10.9. The van der Waals surface area contributed by atoms with Gasteiger partial charge in [0.15, 0.2) is 0 Å². The number of hydrogen-bond acceptors (Lipinski definition) is 6. The molecule has 10 heteroatoms. The van der Waals surface area contributed by atoms with Crippen molar-refractivity contribution in [3.8, 4) is 22.9 Å². The van der Waals surface area contributed by atoms with E-state index >= 15 is 4.39 Å². The van der Waals surface area contributed by atoms with Crippen LogP contribution < -0.4 is 4.74 Å². The van der Waals surface area contributed by atoms with Crippen LogP contribution in [-0.2, 0) is 4.79 Å². The zero-order valence-corrected chi connectivity index (χ0v) is 22.1. The Kier molecular flexibility index (Phi) is 8.52. The Bertz CT molecular complexity index is 1260. The number of carbonyl (C=O) groups is 2. The van der Waals surface area contributed by atoms with Crippen molar-refractivity contribution in [3.63, 3.8) is 0 Å². The van der Waals surface area contributed by atoms with E-state index in [2.05, 4.69) is 11.0 Å². The predicted octanol–water partition coefficient (Wildman–Crippen LogP) is 3.86. The first-order valence-electron chi connectivity index (χ1n) is 13.1. The summed E-state index contributed by atoms with van der Waals surface area (Å²) in [6.07, 6.45) is 0.569. The summed E-state index contributed by atoms with van der Waals surface area (Å²) in [5, 5.41) is 29.3. The number of halogens is 2. The van der Waals surface area contributed by atoms with Crippen molar-refractivity contribution in [2.24, 2.45) is 5.92 Å². The van der Waals surface area contributed by atoms with Crippen molar-refractivity contribution in [2.75, 3.05) is 32.8 Å². The summed E-state index contributed by atoms with van der Waals surface area (Å²) in [6.45, 7) is 5.33. The molecule has 2 aromatic rings. The number of aliphatic hydroxyl groups excluding tert-OH is 1. The third kappa shape index (κ3) is 6.72. The smallest absolute Gasteiger partial charge is 0.326 e. The van der Waals surface area contributed by atoms with E-state index in [1.165, 1.54) is 18.2 Å². The van der Waals surface area contributed by atoms with Crippen LogP contribution in [0.2, 0.25) is 0 Å². The highest BCUT2D eigenvalue weighted by Gasteiger charge is 2.40. The molecule has 0 aromatic heterocycles. The fourth-order valence-electron chi connectivity index (χ4n) is 5.38. The fraction of sp³-hybridized carbons (Fsp3) is 0.483. The SMILES string of the molecule is CC(C)(F)CN1CCC(COc2ccc(-c3cccc(F)c3C(=O)N3CC(O)CC3C(=O)O)c(C#N)c2)CC1. The molecular weight excluding hydrogens is 508 g/mol. The Morgan fingerprint density at radius 1 is 1.18 bits per heavy atom. The van der Waals surface area contributed by atoms with Crippen LogP contribution in [0.15, 0.2) is 36.4 Å². The van der Waals surface area contributed by atoms with Gasteiger partial charge < -0.3 is 24.7 Å². The lowest BCUT2D eigenvalue weighted by Crippen LogP contribution is -2.41. The van der Waals surface area contributed by atoms with E-state index in [0.717, 1.165) is 36.9 Å². The van der Waals surface area contributed by atoms with Crippen LogP contribution in [0.3, 0.4) is 0 Å². The molecule has 2 aliphatic rings. The lowest BCUT2D eigenvalue weighted by molar-refractivity contribution is -0.141. The molecule has 2 aromatic carbocycles. The summed E-state index contributed by atoms with van der Waals surface area (Å²) in [7, 11) is 0. The van der Waals surface area contributed by atoms with Gasteiger partial charge in [-0.1, -0.05) is 12.1 Å². The molecule has 0 bridgehead atoms. The number of hydrogen-bond donors (Lipinski definition) is 2. The van der Waals surface area contributed by atoms with Gasteiger partial charge in [0.05, 0.1) is 29.9 Å². The first-order chi connectivity index (χ1) is 18.5. The molecule has 8 nitrogen and oxygen atoms in total. The van der Waals surface area contributed by atoms with Crippen molar-refractivity contribution < 1.29 is 33.3 Å².